The lowest BCUT2D eigenvalue weighted by molar-refractivity contribution is -0.128. The fourth-order valence-corrected chi connectivity index (χ4v) is 3.21. The summed E-state index contributed by atoms with van der Waals surface area (Å²) in [5, 5.41) is 6.29. The number of fused-ring (bicyclic) bond motifs is 1. The van der Waals surface area contributed by atoms with E-state index in [1.54, 1.807) is 11.3 Å². The molecule has 0 saturated carbocycles. The van der Waals surface area contributed by atoms with Crippen LogP contribution >= 0.6 is 11.3 Å². The summed E-state index contributed by atoms with van der Waals surface area (Å²) in [4.78, 5) is 29.3. The Kier molecular flexibility index (Phi) is 4.98. The van der Waals surface area contributed by atoms with Crippen LogP contribution in [-0.4, -0.2) is 23.3 Å². The number of aryl methyl sites for hydroxylation is 2. The summed E-state index contributed by atoms with van der Waals surface area (Å²) in [6.45, 7) is 5.90. The van der Waals surface area contributed by atoms with Crippen molar-refractivity contribution in [3.8, 4) is 0 Å². The molecule has 1 heterocycles. The maximum absolute atomic E-state index is 11.9. The minimum atomic E-state index is -0.426. The van der Waals surface area contributed by atoms with Gasteiger partial charge in [-0.1, -0.05) is 20.8 Å². The zero-order valence-corrected chi connectivity index (χ0v) is 13.7. The van der Waals surface area contributed by atoms with Gasteiger partial charge in [0, 0.05) is 23.3 Å². The van der Waals surface area contributed by atoms with E-state index in [-0.39, 0.29) is 18.2 Å². The zero-order chi connectivity index (χ0) is 15.5. The van der Waals surface area contributed by atoms with Crippen LogP contribution in [-0.2, 0) is 22.4 Å². The molecule has 1 aromatic heterocycles. The van der Waals surface area contributed by atoms with Crippen LogP contribution in [0.15, 0.2) is 0 Å². The van der Waals surface area contributed by atoms with Gasteiger partial charge in [-0.3, -0.25) is 9.59 Å². The Morgan fingerprint density at radius 3 is 2.62 bits per heavy atom. The molecule has 2 N–H and O–H groups in total. The fourth-order valence-electron chi connectivity index (χ4n) is 2.14. The van der Waals surface area contributed by atoms with Crippen molar-refractivity contribution in [1.29, 1.82) is 0 Å². The lowest BCUT2D eigenvalue weighted by Gasteiger charge is -2.17. The quantitative estimate of drug-likeness (QED) is 0.897. The van der Waals surface area contributed by atoms with Crippen molar-refractivity contribution in [2.75, 3.05) is 11.9 Å². The summed E-state index contributed by atoms with van der Waals surface area (Å²) in [6.07, 6.45) is 4.75. The van der Waals surface area contributed by atoms with E-state index in [2.05, 4.69) is 15.6 Å². The average molecular weight is 309 g/mol. The number of aromatic nitrogens is 1. The van der Waals surface area contributed by atoms with Gasteiger partial charge in [-0.15, -0.1) is 11.3 Å². The lowest BCUT2D eigenvalue weighted by atomic mass is 9.96. The van der Waals surface area contributed by atoms with Crippen molar-refractivity contribution < 1.29 is 9.59 Å². The number of thiazole rings is 1. The van der Waals surface area contributed by atoms with Gasteiger partial charge in [-0.2, -0.15) is 0 Å². The van der Waals surface area contributed by atoms with Crippen LogP contribution in [0.5, 0.6) is 0 Å². The third-order valence-electron chi connectivity index (χ3n) is 3.41. The number of nitrogens with zero attached hydrogens (tertiary/aromatic N) is 1. The maximum Gasteiger partial charge on any atom is 0.227 e. The average Bonchev–Trinajstić information content (AvgIpc) is 2.79. The van der Waals surface area contributed by atoms with Crippen LogP contribution in [0.1, 0.15) is 50.6 Å². The van der Waals surface area contributed by atoms with E-state index in [0.717, 1.165) is 18.5 Å². The van der Waals surface area contributed by atoms with Crippen molar-refractivity contribution in [1.82, 2.24) is 10.3 Å². The van der Waals surface area contributed by atoms with E-state index < -0.39 is 5.41 Å². The fraction of sp³-hybridized carbons (Fsp3) is 0.667. The van der Waals surface area contributed by atoms with Crippen molar-refractivity contribution >= 4 is 28.3 Å². The van der Waals surface area contributed by atoms with Gasteiger partial charge in [-0.25, -0.2) is 4.98 Å². The topological polar surface area (TPSA) is 71.1 Å². The molecule has 0 aliphatic heterocycles. The molecule has 21 heavy (non-hydrogen) atoms. The first-order chi connectivity index (χ1) is 9.86. The molecule has 0 unspecified atom stereocenters. The highest BCUT2D eigenvalue weighted by Gasteiger charge is 2.21. The van der Waals surface area contributed by atoms with Crippen molar-refractivity contribution in [2.45, 2.75) is 52.9 Å². The van der Waals surface area contributed by atoms with Crippen molar-refractivity contribution in [3.05, 3.63) is 10.6 Å². The molecule has 1 aliphatic carbocycles. The summed E-state index contributed by atoms with van der Waals surface area (Å²) in [6, 6.07) is 0. The first-order valence-electron chi connectivity index (χ1n) is 7.43. The van der Waals surface area contributed by atoms with Gasteiger partial charge in [0.1, 0.15) is 0 Å². The Morgan fingerprint density at radius 2 is 1.95 bits per heavy atom. The Morgan fingerprint density at radius 1 is 1.24 bits per heavy atom. The van der Waals surface area contributed by atoms with E-state index in [4.69, 9.17) is 0 Å². The van der Waals surface area contributed by atoms with Crippen LogP contribution in [0.3, 0.4) is 0 Å². The summed E-state index contributed by atoms with van der Waals surface area (Å²) in [5.41, 5.74) is 0.716. The normalized spacial score (nSPS) is 14.4. The van der Waals surface area contributed by atoms with Crippen LogP contribution in [0.4, 0.5) is 5.13 Å². The molecule has 2 rings (SSSR count). The Balaban J connectivity index is 1.77. The molecule has 0 spiro atoms. The molecule has 0 aromatic carbocycles. The highest BCUT2D eigenvalue weighted by molar-refractivity contribution is 7.15. The molecule has 0 bridgehead atoms. The molecule has 5 nitrogen and oxygen atoms in total. The van der Waals surface area contributed by atoms with Gasteiger partial charge in [-0.05, 0) is 25.7 Å². The van der Waals surface area contributed by atoms with E-state index in [9.17, 15) is 9.59 Å². The number of nitrogens with one attached hydrogen (secondary N) is 2. The Hall–Kier alpha value is -1.43. The molecule has 6 heteroatoms. The molecular formula is C15H23N3O2S. The SMILES string of the molecule is CC(C)(C)C(=O)NCCC(=O)Nc1nc2c(s1)CCCC2. The predicted molar refractivity (Wildman–Crippen MR) is 84.5 cm³/mol. The summed E-state index contributed by atoms with van der Waals surface area (Å²) in [7, 11) is 0. The second-order valence-corrected chi connectivity index (χ2v) is 7.48. The van der Waals surface area contributed by atoms with Crippen LogP contribution in [0, 0.1) is 5.41 Å². The van der Waals surface area contributed by atoms with Crippen molar-refractivity contribution in [2.24, 2.45) is 5.41 Å². The second kappa shape index (κ2) is 6.56. The first kappa shape index (κ1) is 15.9. The minimum Gasteiger partial charge on any atom is -0.355 e. The van der Waals surface area contributed by atoms with Gasteiger partial charge in [0.2, 0.25) is 11.8 Å². The van der Waals surface area contributed by atoms with Gasteiger partial charge in [0.25, 0.3) is 0 Å². The maximum atomic E-state index is 11.9. The zero-order valence-electron chi connectivity index (χ0n) is 12.9. The summed E-state index contributed by atoms with van der Waals surface area (Å²) in [5.74, 6) is -0.143. The number of anilines is 1. The first-order valence-corrected chi connectivity index (χ1v) is 8.24. The molecule has 1 aliphatic rings. The molecule has 0 fully saturated rings. The monoisotopic (exact) mass is 309 g/mol. The van der Waals surface area contributed by atoms with Crippen LogP contribution in [0.2, 0.25) is 0 Å². The van der Waals surface area contributed by atoms with Gasteiger partial charge >= 0.3 is 0 Å². The number of rotatable bonds is 4. The molecule has 0 atom stereocenters. The molecule has 2 amide bonds. The third kappa shape index (κ3) is 4.52. The Labute approximate surface area is 129 Å². The van der Waals surface area contributed by atoms with Gasteiger partial charge < -0.3 is 10.6 Å². The number of amides is 2. The van der Waals surface area contributed by atoms with Crippen LogP contribution in [0.25, 0.3) is 0 Å². The minimum absolute atomic E-state index is 0.0417. The predicted octanol–water partition coefficient (Wildman–Crippen LogP) is 2.51. The van der Waals surface area contributed by atoms with E-state index in [0.29, 0.717) is 11.7 Å². The summed E-state index contributed by atoms with van der Waals surface area (Å²) >= 11 is 1.58. The molecule has 0 radical (unpaired) electrons. The number of carbonyl (C=O) groups is 2. The van der Waals surface area contributed by atoms with E-state index in [1.807, 2.05) is 20.8 Å². The van der Waals surface area contributed by atoms with Crippen LogP contribution < -0.4 is 10.6 Å². The molecular weight excluding hydrogens is 286 g/mol. The molecule has 116 valence electrons. The number of hydrogen-bond donors (Lipinski definition) is 2. The number of carbonyl (C=O) groups excluding carboxylic acids is 2. The lowest BCUT2D eigenvalue weighted by Crippen LogP contribution is -2.36. The molecule has 1 aromatic rings. The highest BCUT2D eigenvalue weighted by atomic mass is 32.1. The third-order valence-corrected chi connectivity index (χ3v) is 4.48. The highest BCUT2D eigenvalue weighted by Crippen LogP contribution is 2.29. The van der Waals surface area contributed by atoms with Crippen molar-refractivity contribution in [3.63, 3.8) is 0 Å². The van der Waals surface area contributed by atoms with E-state index >= 15 is 0 Å². The van der Waals surface area contributed by atoms with E-state index in [1.165, 1.54) is 17.7 Å². The Bertz CT molecular complexity index is 508. The standard InChI is InChI=1S/C15H23N3O2S/c1-15(2,3)13(20)16-9-8-12(19)18-14-17-10-6-4-5-7-11(10)21-14/h4-9H2,1-3H3,(H,16,20)(H,17,18,19). The number of hydrogen-bond acceptors (Lipinski definition) is 4. The van der Waals surface area contributed by atoms with Gasteiger partial charge in [0.15, 0.2) is 5.13 Å². The second-order valence-electron chi connectivity index (χ2n) is 6.40. The smallest absolute Gasteiger partial charge is 0.227 e. The molecule has 0 saturated heterocycles. The van der Waals surface area contributed by atoms with Gasteiger partial charge in [0.05, 0.1) is 5.69 Å². The largest absolute Gasteiger partial charge is 0.355 e. The summed E-state index contributed by atoms with van der Waals surface area (Å²) < 4.78 is 0.